The molecule has 2 heterocycles. The maximum absolute atomic E-state index is 13.7. The van der Waals surface area contributed by atoms with Gasteiger partial charge in [-0.2, -0.15) is 0 Å². The molecule has 2 N–H and O–H groups in total. The summed E-state index contributed by atoms with van der Waals surface area (Å²) in [4.78, 5) is 45.4. The van der Waals surface area contributed by atoms with Crippen molar-refractivity contribution >= 4 is 29.2 Å². The first kappa shape index (κ1) is 25.1. The summed E-state index contributed by atoms with van der Waals surface area (Å²) in [5.41, 5.74) is 2.27. The minimum Gasteiger partial charge on any atom is -0.360 e. The molecule has 1 atom stereocenters. The van der Waals surface area contributed by atoms with E-state index in [0.717, 1.165) is 31.2 Å². The molecule has 0 bridgehead atoms. The van der Waals surface area contributed by atoms with Crippen LogP contribution in [0.1, 0.15) is 61.5 Å². The number of carbonyl (C=O) groups is 3. The van der Waals surface area contributed by atoms with E-state index in [-0.39, 0.29) is 36.6 Å². The van der Waals surface area contributed by atoms with Crippen molar-refractivity contribution in [3.63, 3.8) is 0 Å². The van der Waals surface area contributed by atoms with Crippen molar-refractivity contribution in [3.8, 4) is 0 Å². The number of hydrogen-bond donors (Lipinski definition) is 2. The third kappa shape index (κ3) is 6.35. The Morgan fingerprint density at radius 2 is 1.72 bits per heavy atom. The van der Waals surface area contributed by atoms with Crippen LogP contribution in [0.5, 0.6) is 0 Å². The van der Waals surface area contributed by atoms with Crippen molar-refractivity contribution in [2.75, 3.05) is 10.2 Å². The van der Waals surface area contributed by atoms with Gasteiger partial charge in [-0.05, 0) is 56.5 Å². The van der Waals surface area contributed by atoms with Crippen molar-refractivity contribution < 1.29 is 18.9 Å². The second-order valence-corrected chi connectivity index (χ2v) is 9.14. The smallest absolute Gasteiger partial charge is 0.248 e. The Bertz CT molecular complexity index is 1190. The first-order chi connectivity index (χ1) is 17.4. The molecule has 1 fully saturated rings. The molecule has 1 aromatic carbocycles. The van der Waals surface area contributed by atoms with E-state index in [1.54, 1.807) is 37.5 Å². The summed E-state index contributed by atoms with van der Waals surface area (Å²) in [5.74, 6) is -0.0824. The molecule has 0 radical (unpaired) electrons. The summed E-state index contributed by atoms with van der Waals surface area (Å²) in [6.07, 6.45) is 7.06. The molecule has 1 aliphatic carbocycles. The molecule has 0 aliphatic heterocycles. The van der Waals surface area contributed by atoms with E-state index in [1.165, 1.54) is 4.90 Å². The van der Waals surface area contributed by atoms with Gasteiger partial charge in [-0.25, -0.2) is 0 Å². The van der Waals surface area contributed by atoms with Crippen LogP contribution in [0.25, 0.3) is 0 Å². The van der Waals surface area contributed by atoms with E-state index < -0.39 is 6.04 Å². The summed E-state index contributed by atoms with van der Waals surface area (Å²) >= 11 is 0. The molecule has 9 nitrogen and oxygen atoms in total. The summed E-state index contributed by atoms with van der Waals surface area (Å²) < 4.78 is 4.97. The Labute approximate surface area is 210 Å². The molecule has 9 heteroatoms. The van der Waals surface area contributed by atoms with Gasteiger partial charge >= 0.3 is 0 Å². The maximum Gasteiger partial charge on any atom is 0.248 e. The molecule has 2 aromatic heterocycles. The van der Waals surface area contributed by atoms with Crippen molar-refractivity contribution in [3.05, 3.63) is 71.7 Å². The normalized spacial score (nSPS) is 14.3. The molecule has 0 saturated heterocycles. The topological polar surface area (TPSA) is 117 Å². The number of rotatable bonds is 9. The number of aromatic nitrogens is 2. The van der Waals surface area contributed by atoms with E-state index >= 15 is 0 Å². The number of aryl methyl sites for hydroxylation is 2. The predicted octanol–water partition coefficient (Wildman–Crippen LogP) is 4.24. The molecule has 0 unspecified atom stereocenters. The fourth-order valence-electron chi connectivity index (χ4n) is 4.43. The standard InChI is InChI=1S/C27H31N5O4/c1-18-7-9-22(10-8-18)32(25(34)12-11-24(33)30-23-17-19(2)36-31-23)26(20-13-15-28-16-14-20)27(35)29-21-5-3-4-6-21/h7-10,13-17,21,26H,3-6,11-12H2,1-2H3,(H,29,35)(H,30,31,33)/t26-/m0/s1. The lowest BCUT2D eigenvalue weighted by molar-refractivity contribution is -0.127. The van der Waals surface area contributed by atoms with Gasteiger partial charge in [-0.15, -0.1) is 0 Å². The first-order valence-electron chi connectivity index (χ1n) is 12.2. The van der Waals surface area contributed by atoms with Gasteiger partial charge in [0, 0.05) is 43.0 Å². The number of hydrogen-bond acceptors (Lipinski definition) is 6. The number of anilines is 2. The second-order valence-electron chi connectivity index (χ2n) is 9.14. The minimum atomic E-state index is -0.898. The number of nitrogens with one attached hydrogen (secondary N) is 2. The van der Waals surface area contributed by atoms with Crippen LogP contribution in [-0.4, -0.2) is 33.9 Å². The van der Waals surface area contributed by atoms with Crippen LogP contribution in [0.3, 0.4) is 0 Å². The van der Waals surface area contributed by atoms with Gasteiger partial charge in [0.2, 0.25) is 17.7 Å². The van der Waals surface area contributed by atoms with E-state index in [2.05, 4.69) is 20.8 Å². The molecule has 188 valence electrons. The predicted molar refractivity (Wildman–Crippen MR) is 135 cm³/mol. The average molecular weight is 490 g/mol. The lowest BCUT2D eigenvalue weighted by Gasteiger charge is -2.32. The van der Waals surface area contributed by atoms with Crippen LogP contribution < -0.4 is 15.5 Å². The summed E-state index contributed by atoms with van der Waals surface area (Å²) in [7, 11) is 0. The van der Waals surface area contributed by atoms with E-state index in [0.29, 0.717) is 22.8 Å². The zero-order chi connectivity index (χ0) is 25.5. The van der Waals surface area contributed by atoms with Crippen molar-refractivity contribution in [1.82, 2.24) is 15.5 Å². The van der Waals surface area contributed by atoms with Crippen LogP contribution >= 0.6 is 0 Å². The van der Waals surface area contributed by atoms with Gasteiger partial charge in [-0.3, -0.25) is 24.3 Å². The molecular weight excluding hydrogens is 458 g/mol. The highest BCUT2D eigenvalue weighted by Gasteiger charge is 2.34. The second kappa shape index (κ2) is 11.6. The largest absolute Gasteiger partial charge is 0.360 e. The van der Waals surface area contributed by atoms with Crippen LogP contribution in [0.15, 0.2) is 59.4 Å². The van der Waals surface area contributed by atoms with Crippen molar-refractivity contribution in [2.45, 2.75) is 64.5 Å². The monoisotopic (exact) mass is 489 g/mol. The molecule has 36 heavy (non-hydrogen) atoms. The maximum atomic E-state index is 13.7. The highest BCUT2D eigenvalue weighted by molar-refractivity contribution is 6.03. The minimum absolute atomic E-state index is 0.0690. The van der Waals surface area contributed by atoms with Crippen molar-refractivity contribution in [1.29, 1.82) is 0 Å². The van der Waals surface area contributed by atoms with Gasteiger partial charge in [0.25, 0.3) is 0 Å². The van der Waals surface area contributed by atoms with E-state index in [4.69, 9.17) is 4.52 Å². The van der Waals surface area contributed by atoms with Crippen LogP contribution in [0, 0.1) is 13.8 Å². The number of carbonyl (C=O) groups excluding carboxylic acids is 3. The lowest BCUT2D eigenvalue weighted by Crippen LogP contribution is -2.46. The zero-order valence-electron chi connectivity index (χ0n) is 20.6. The molecule has 3 amide bonds. The average Bonchev–Trinajstić information content (AvgIpc) is 3.53. The van der Waals surface area contributed by atoms with Gasteiger partial charge < -0.3 is 15.2 Å². The number of benzene rings is 1. The summed E-state index contributed by atoms with van der Waals surface area (Å²) in [6.45, 7) is 3.68. The Kier molecular flexibility index (Phi) is 8.10. The molecule has 4 rings (SSSR count). The molecule has 0 spiro atoms. The Hall–Kier alpha value is -4.01. The molecule has 1 aliphatic rings. The Morgan fingerprint density at radius 1 is 1.03 bits per heavy atom. The summed E-state index contributed by atoms with van der Waals surface area (Å²) in [5, 5.41) is 9.53. The number of pyridine rings is 1. The van der Waals surface area contributed by atoms with Gasteiger partial charge in [0.05, 0.1) is 0 Å². The molecular formula is C27H31N5O4. The van der Waals surface area contributed by atoms with E-state index in [9.17, 15) is 14.4 Å². The quantitative estimate of drug-likeness (QED) is 0.464. The third-order valence-electron chi connectivity index (χ3n) is 6.27. The van der Waals surface area contributed by atoms with Crippen LogP contribution in [-0.2, 0) is 14.4 Å². The van der Waals surface area contributed by atoms with E-state index in [1.807, 2.05) is 31.2 Å². The van der Waals surface area contributed by atoms with Gasteiger partial charge in [0.1, 0.15) is 11.8 Å². The van der Waals surface area contributed by atoms with Crippen molar-refractivity contribution in [2.24, 2.45) is 0 Å². The fourth-order valence-corrected chi connectivity index (χ4v) is 4.43. The summed E-state index contributed by atoms with van der Waals surface area (Å²) in [6, 6.07) is 11.7. The van der Waals surface area contributed by atoms with Crippen LogP contribution in [0.2, 0.25) is 0 Å². The molecule has 1 saturated carbocycles. The first-order valence-corrected chi connectivity index (χ1v) is 12.2. The highest BCUT2D eigenvalue weighted by atomic mass is 16.5. The van der Waals surface area contributed by atoms with Crippen LogP contribution in [0.4, 0.5) is 11.5 Å². The number of nitrogens with zero attached hydrogens (tertiary/aromatic N) is 3. The van der Waals surface area contributed by atoms with Gasteiger partial charge in [-0.1, -0.05) is 35.7 Å². The fraction of sp³-hybridized carbons (Fsp3) is 0.370. The third-order valence-corrected chi connectivity index (χ3v) is 6.27. The Balaban J connectivity index is 1.59. The SMILES string of the molecule is Cc1ccc(N(C(=O)CCC(=O)Nc2cc(C)on2)[C@H](C(=O)NC2CCCC2)c2ccncc2)cc1. The molecule has 3 aromatic rings. The van der Waals surface area contributed by atoms with Gasteiger partial charge in [0.15, 0.2) is 5.82 Å². The number of amides is 3. The Morgan fingerprint density at radius 3 is 2.36 bits per heavy atom. The highest BCUT2D eigenvalue weighted by Crippen LogP contribution is 2.30. The zero-order valence-corrected chi connectivity index (χ0v) is 20.6. The lowest BCUT2D eigenvalue weighted by atomic mass is 10.0.